The Balaban J connectivity index is 1.45. The number of rotatable bonds is 3. The van der Waals surface area contributed by atoms with Crippen molar-refractivity contribution in [3.63, 3.8) is 0 Å². The van der Waals surface area contributed by atoms with Gasteiger partial charge < -0.3 is 15.5 Å². The molecular formula is C26H30N6O2S. The van der Waals surface area contributed by atoms with Crippen LogP contribution in [-0.2, 0) is 11.3 Å². The minimum Gasteiger partial charge on any atom is -0.358 e. The van der Waals surface area contributed by atoms with Crippen molar-refractivity contribution < 1.29 is 9.59 Å². The molecule has 1 unspecified atom stereocenters. The Morgan fingerprint density at radius 1 is 1.06 bits per heavy atom. The zero-order valence-electron chi connectivity index (χ0n) is 20.2. The first-order valence-electron chi connectivity index (χ1n) is 11.9. The van der Waals surface area contributed by atoms with E-state index in [9.17, 15) is 9.59 Å². The summed E-state index contributed by atoms with van der Waals surface area (Å²) in [6.07, 6.45) is 1.69. The SMILES string of the molecule is CSc1ccc(C(=O)N2CCN3Cc4nc(c5ccccc5n4)N[C@@H](C(C)C)C(=O)NC3C2)cc1. The summed E-state index contributed by atoms with van der Waals surface area (Å²) in [4.78, 5) is 41.4. The summed E-state index contributed by atoms with van der Waals surface area (Å²) in [6.45, 7) is 6.11. The number of carbonyl (C=O) groups excluding carboxylic acids is 2. The van der Waals surface area contributed by atoms with Crippen molar-refractivity contribution in [1.29, 1.82) is 0 Å². The molecule has 0 spiro atoms. The number of hydrogen-bond donors (Lipinski definition) is 2. The van der Waals surface area contributed by atoms with Crippen molar-refractivity contribution in [1.82, 2.24) is 25.1 Å². The van der Waals surface area contributed by atoms with Crippen LogP contribution in [0.5, 0.6) is 0 Å². The average Bonchev–Trinajstić information content (AvgIpc) is 2.87. The summed E-state index contributed by atoms with van der Waals surface area (Å²) in [5, 5.41) is 7.49. The molecule has 1 aromatic heterocycles. The maximum absolute atomic E-state index is 13.4. The number of carbonyl (C=O) groups is 2. The Bertz CT molecular complexity index is 1250. The van der Waals surface area contributed by atoms with Crippen LogP contribution < -0.4 is 10.6 Å². The number of fused-ring (bicyclic) bond motifs is 5. The predicted molar refractivity (Wildman–Crippen MR) is 138 cm³/mol. The van der Waals surface area contributed by atoms with Crippen molar-refractivity contribution >= 4 is 40.3 Å². The molecule has 0 radical (unpaired) electrons. The summed E-state index contributed by atoms with van der Waals surface area (Å²) < 4.78 is 0. The Hall–Kier alpha value is -3.17. The first-order valence-corrected chi connectivity index (χ1v) is 13.2. The van der Waals surface area contributed by atoms with E-state index in [1.165, 1.54) is 0 Å². The van der Waals surface area contributed by atoms with Gasteiger partial charge in [-0.1, -0.05) is 26.0 Å². The Morgan fingerprint density at radius 3 is 2.57 bits per heavy atom. The smallest absolute Gasteiger partial charge is 0.254 e. The third-order valence-corrected chi connectivity index (χ3v) is 7.40. The number of amides is 2. The van der Waals surface area contributed by atoms with Gasteiger partial charge in [0.2, 0.25) is 5.91 Å². The fraction of sp³-hybridized carbons (Fsp3) is 0.385. The first-order chi connectivity index (χ1) is 16.9. The molecule has 5 rings (SSSR count). The van der Waals surface area contributed by atoms with Gasteiger partial charge in [0.05, 0.1) is 18.6 Å². The normalized spacial score (nSPS) is 20.8. The summed E-state index contributed by atoms with van der Waals surface area (Å²) >= 11 is 1.65. The van der Waals surface area contributed by atoms with E-state index in [-0.39, 0.29) is 23.9 Å². The molecule has 2 aromatic carbocycles. The highest BCUT2D eigenvalue weighted by atomic mass is 32.2. The Kier molecular flexibility index (Phi) is 6.62. The van der Waals surface area contributed by atoms with Gasteiger partial charge in [0.1, 0.15) is 23.8 Å². The molecule has 0 aliphatic carbocycles. The number of para-hydroxylation sites is 1. The molecule has 2 N–H and O–H groups in total. The largest absolute Gasteiger partial charge is 0.358 e. The minimum absolute atomic E-state index is 0.0218. The van der Waals surface area contributed by atoms with E-state index in [1.807, 2.05) is 73.5 Å². The van der Waals surface area contributed by atoms with Crippen molar-refractivity contribution in [3.05, 3.63) is 59.9 Å². The highest BCUT2D eigenvalue weighted by Gasteiger charge is 2.35. The molecule has 3 heterocycles. The number of anilines is 1. The van der Waals surface area contributed by atoms with Crippen molar-refractivity contribution in [2.45, 2.75) is 37.5 Å². The van der Waals surface area contributed by atoms with Gasteiger partial charge in [0.15, 0.2) is 0 Å². The fourth-order valence-electron chi connectivity index (χ4n) is 4.67. The Labute approximate surface area is 209 Å². The van der Waals surface area contributed by atoms with Gasteiger partial charge in [-0.2, -0.15) is 0 Å². The molecule has 9 heteroatoms. The van der Waals surface area contributed by atoms with Crippen LogP contribution in [0.3, 0.4) is 0 Å². The second-order valence-electron chi connectivity index (χ2n) is 9.35. The number of thioether (sulfide) groups is 1. The molecule has 2 aliphatic heterocycles. The summed E-state index contributed by atoms with van der Waals surface area (Å²) in [6, 6.07) is 15.1. The van der Waals surface area contributed by atoms with Gasteiger partial charge in [-0.15, -0.1) is 11.8 Å². The molecular weight excluding hydrogens is 460 g/mol. The number of benzene rings is 2. The number of nitrogens with zero attached hydrogens (tertiary/aromatic N) is 4. The predicted octanol–water partition coefficient (Wildman–Crippen LogP) is 3.20. The lowest BCUT2D eigenvalue weighted by Gasteiger charge is -2.42. The number of piperazine rings is 1. The second kappa shape index (κ2) is 9.83. The van der Waals surface area contributed by atoms with Crippen LogP contribution in [0, 0.1) is 5.92 Å². The van der Waals surface area contributed by atoms with E-state index < -0.39 is 6.04 Å². The summed E-state index contributed by atoms with van der Waals surface area (Å²) in [7, 11) is 0. The maximum Gasteiger partial charge on any atom is 0.254 e. The van der Waals surface area contributed by atoms with Crippen molar-refractivity contribution in [3.8, 4) is 0 Å². The highest BCUT2D eigenvalue weighted by Crippen LogP contribution is 2.25. The molecule has 2 amide bonds. The molecule has 2 bridgehead atoms. The van der Waals surface area contributed by atoms with Crippen molar-refractivity contribution in [2.24, 2.45) is 5.92 Å². The standard InChI is InChI=1S/C26H30N6O2S/c1-16(2)23-25(33)29-22-15-32(26(34)17-8-10-18(35-3)11-9-17)13-12-31(22)14-21-27-20-7-5-4-6-19(20)24(28-21)30-23/h4-11,16,22-23H,12-15H2,1-3H3,(H,29,33)(H,27,28,30)/t22?,23-/m0/s1. The van der Waals surface area contributed by atoms with Gasteiger partial charge in [-0.25, -0.2) is 9.97 Å². The number of nitrogens with one attached hydrogen (secondary N) is 2. The maximum atomic E-state index is 13.4. The van der Waals surface area contributed by atoms with Crippen LogP contribution >= 0.6 is 11.8 Å². The lowest BCUT2D eigenvalue weighted by molar-refractivity contribution is -0.125. The lowest BCUT2D eigenvalue weighted by atomic mass is 10.0. The zero-order chi connectivity index (χ0) is 24.5. The summed E-state index contributed by atoms with van der Waals surface area (Å²) in [5.41, 5.74) is 1.51. The molecule has 3 aromatic rings. The van der Waals surface area contributed by atoms with E-state index >= 15 is 0 Å². The molecule has 8 nitrogen and oxygen atoms in total. The van der Waals surface area contributed by atoms with Gasteiger partial charge in [-0.3, -0.25) is 14.5 Å². The molecule has 2 atom stereocenters. The van der Waals surface area contributed by atoms with E-state index in [0.29, 0.717) is 43.4 Å². The number of hydrogen-bond acceptors (Lipinski definition) is 7. The van der Waals surface area contributed by atoms with Crippen LogP contribution in [0.4, 0.5) is 5.82 Å². The van der Waals surface area contributed by atoms with E-state index in [2.05, 4.69) is 15.5 Å². The third kappa shape index (κ3) is 4.83. The quantitative estimate of drug-likeness (QED) is 0.545. The van der Waals surface area contributed by atoms with Crippen LogP contribution in [0.15, 0.2) is 53.4 Å². The van der Waals surface area contributed by atoms with Crippen molar-refractivity contribution in [2.75, 3.05) is 31.2 Å². The monoisotopic (exact) mass is 490 g/mol. The molecule has 35 heavy (non-hydrogen) atoms. The molecule has 0 saturated carbocycles. The zero-order valence-corrected chi connectivity index (χ0v) is 21.0. The van der Waals surface area contributed by atoms with Gasteiger partial charge in [-0.05, 0) is 48.6 Å². The Morgan fingerprint density at radius 2 is 1.83 bits per heavy atom. The molecule has 1 fully saturated rings. The molecule has 2 aliphatic rings. The van der Waals surface area contributed by atoms with E-state index in [4.69, 9.17) is 9.97 Å². The third-order valence-electron chi connectivity index (χ3n) is 6.66. The lowest BCUT2D eigenvalue weighted by Crippen LogP contribution is -2.63. The van der Waals surface area contributed by atoms with Crippen LogP contribution in [0.2, 0.25) is 0 Å². The minimum atomic E-state index is -0.466. The first kappa shape index (κ1) is 23.6. The van der Waals surface area contributed by atoms with Gasteiger partial charge >= 0.3 is 0 Å². The fourth-order valence-corrected chi connectivity index (χ4v) is 5.08. The highest BCUT2D eigenvalue weighted by molar-refractivity contribution is 7.98. The average molecular weight is 491 g/mol. The van der Waals surface area contributed by atoms with Gasteiger partial charge in [0.25, 0.3) is 5.91 Å². The van der Waals surface area contributed by atoms with Crippen LogP contribution in [0.25, 0.3) is 10.9 Å². The second-order valence-corrected chi connectivity index (χ2v) is 10.2. The molecule has 1 saturated heterocycles. The van der Waals surface area contributed by atoms with E-state index in [0.717, 1.165) is 15.8 Å². The van der Waals surface area contributed by atoms with Gasteiger partial charge in [0, 0.05) is 28.9 Å². The summed E-state index contributed by atoms with van der Waals surface area (Å²) in [5.74, 6) is 1.30. The topological polar surface area (TPSA) is 90.5 Å². The molecule has 182 valence electrons. The van der Waals surface area contributed by atoms with Crippen LogP contribution in [0.1, 0.15) is 30.0 Å². The van der Waals surface area contributed by atoms with E-state index in [1.54, 1.807) is 11.8 Å². The number of aromatic nitrogens is 2. The van der Waals surface area contributed by atoms with Crippen LogP contribution in [-0.4, -0.2) is 69.7 Å².